The smallest absolute Gasteiger partial charge is 0.287 e. The SMILES string of the molecule is CCOc1ccc(NC(=O)Cn2nc(COc3ccccc3)oc2=S)cc1. The van der Waals surface area contributed by atoms with Crippen LogP contribution in [0.4, 0.5) is 5.69 Å². The minimum Gasteiger partial charge on any atom is -0.494 e. The molecule has 3 aromatic rings. The molecule has 0 radical (unpaired) electrons. The van der Waals surface area contributed by atoms with Crippen LogP contribution in [0.15, 0.2) is 59.0 Å². The summed E-state index contributed by atoms with van der Waals surface area (Å²) in [6, 6.07) is 16.4. The van der Waals surface area contributed by atoms with Gasteiger partial charge in [0, 0.05) is 5.69 Å². The fraction of sp³-hybridized carbons (Fsp3) is 0.211. The number of rotatable bonds is 8. The molecule has 0 aliphatic carbocycles. The van der Waals surface area contributed by atoms with Gasteiger partial charge in [-0.15, -0.1) is 5.10 Å². The van der Waals surface area contributed by atoms with Crippen molar-refractivity contribution in [1.29, 1.82) is 0 Å². The second-order valence-corrected chi connectivity index (χ2v) is 5.88. The van der Waals surface area contributed by atoms with Gasteiger partial charge in [0.25, 0.3) is 10.7 Å². The number of hydrogen-bond acceptors (Lipinski definition) is 6. The predicted octanol–water partition coefficient (Wildman–Crippen LogP) is 3.82. The zero-order valence-electron chi connectivity index (χ0n) is 14.8. The van der Waals surface area contributed by atoms with Gasteiger partial charge in [-0.05, 0) is 55.5 Å². The topological polar surface area (TPSA) is 78.5 Å². The minimum atomic E-state index is -0.265. The number of anilines is 1. The number of benzene rings is 2. The quantitative estimate of drug-likeness (QED) is 0.594. The van der Waals surface area contributed by atoms with E-state index in [1.165, 1.54) is 4.68 Å². The van der Waals surface area contributed by atoms with E-state index in [0.717, 1.165) is 5.75 Å². The molecule has 2 aromatic carbocycles. The highest BCUT2D eigenvalue weighted by Crippen LogP contribution is 2.16. The molecule has 0 bridgehead atoms. The largest absolute Gasteiger partial charge is 0.494 e. The van der Waals surface area contributed by atoms with E-state index in [2.05, 4.69) is 10.4 Å². The van der Waals surface area contributed by atoms with E-state index in [4.69, 9.17) is 26.1 Å². The Hall–Kier alpha value is -3.13. The maximum atomic E-state index is 12.2. The Morgan fingerprint density at radius 3 is 2.52 bits per heavy atom. The van der Waals surface area contributed by atoms with Gasteiger partial charge >= 0.3 is 0 Å². The van der Waals surface area contributed by atoms with E-state index < -0.39 is 0 Å². The highest BCUT2D eigenvalue weighted by molar-refractivity contribution is 7.71. The zero-order chi connectivity index (χ0) is 19.1. The summed E-state index contributed by atoms with van der Waals surface area (Å²) in [5, 5.41) is 6.96. The molecule has 3 rings (SSSR count). The Kier molecular flexibility index (Phi) is 6.22. The van der Waals surface area contributed by atoms with E-state index in [0.29, 0.717) is 23.9 Å². The van der Waals surface area contributed by atoms with Gasteiger partial charge in [-0.25, -0.2) is 4.68 Å². The molecule has 8 heteroatoms. The molecule has 0 saturated heterocycles. The monoisotopic (exact) mass is 385 g/mol. The first-order chi connectivity index (χ1) is 13.1. The molecule has 1 N–H and O–H groups in total. The molecule has 0 saturated carbocycles. The van der Waals surface area contributed by atoms with Gasteiger partial charge in [0.2, 0.25) is 5.91 Å². The van der Waals surface area contributed by atoms with Crippen molar-refractivity contribution >= 4 is 23.8 Å². The summed E-state index contributed by atoms with van der Waals surface area (Å²) in [7, 11) is 0. The summed E-state index contributed by atoms with van der Waals surface area (Å²) in [5.41, 5.74) is 0.658. The molecule has 27 heavy (non-hydrogen) atoms. The number of para-hydroxylation sites is 1. The number of hydrogen-bond donors (Lipinski definition) is 1. The lowest BCUT2D eigenvalue weighted by Crippen LogP contribution is -2.19. The van der Waals surface area contributed by atoms with Crippen LogP contribution < -0.4 is 14.8 Å². The van der Waals surface area contributed by atoms with E-state index in [1.807, 2.05) is 37.3 Å². The molecule has 1 heterocycles. The lowest BCUT2D eigenvalue weighted by Gasteiger charge is -2.06. The molecule has 1 amide bonds. The van der Waals surface area contributed by atoms with Crippen molar-refractivity contribution in [1.82, 2.24) is 9.78 Å². The number of carbonyl (C=O) groups is 1. The van der Waals surface area contributed by atoms with Crippen LogP contribution in [0.3, 0.4) is 0 Å². The molecule has 7 nitrogen and oxygen atoms in total. The third-order valence-electron chi connectivity index (χ3n) is 3.50. The Balaban J connectivity index is 1.56. The standard InChI is InChI=1S/C19H19N3O4S/c1-2-24-16-10-8-14(9-11-16)20-17(23)12-22-19(27)26-18(21-22)13-25-15-6-4-3-5-7-15/h3-11H,2,12-13H2,1H3,(H,20,23). The van der Waals surface area contributed by atoms with Crippen LogP contribution in [0.2, 0.25) is 0 Å². The van der Waals surface area contributed by atoms with Crippen LogP contribution in [-0.4, -0.2) is 22.3 Å². The Morgan fingerprint density at radius 2 is 1.81 bits per heavy atom. The van der Waals surface area contributed by atoms with E-state index in [1.54, 1.807) is 24.3 Å². The van der Waals surface area contributed by atoms with Crippen LogP contribution in [0.5, 0.6) is 11.5 Å². The normalized spacial score (nSPS) is 10.4. The second-order valence-electron chi connectivity index (χ2n) is 5.53. The van der Waals surface area contributed by atoms with Gasteiger partial charge in [0.1, 0.15) is 18.0 Å². The summed E-state index contributed by atoms with van der Waals surface area (Å²) in [4.78, 5) is 12.3. The third kappa shape index (κ3) is 5.42. The van der Waals surface area contributed by atoms with Gasteiger partial charge in [-0.2, -0.15) is 0 Å². The van der Waals surface area contributed by atoms with E-state index in [9.17, 15) is 4.79 Å². The number of amides is 1. The fourth-order valence-electron chi connectivity index (χ4n) is 2.31. The van der Waals surface area contributed by atoms with Crippen LogP contribution in [0.1, 0.15) is 12.8 Å². The van der Waals surface area contributed by atoms with Gasteiger partial charge in [0.15, 0.2) is 6.61 Å². The van der Waals surface area contributed by atoms with E-state index >= 15 is 0 Å². The number of ether oxygens (including phenoxy) is 2. The lowest BCUT2D eigenvalue weighted by molar-refractivity contribution is -0.117. The van der Waals surface area contributed by atoms with Gasteiger partial charge in [-0.3, -0.25) is 4.79 Å². The molecule has 0 aliphatic heterocycles. The first-order valence-corrected chi connectivity index (χ1v) is 8.82. The molecule has 0 aliphatic rings. The maximum Gasteiger partial charge on any atom is 0.287 e. The van der Waals surface area contributed by atoms with Crippen LogP contribution in [-0.2, 0) is 17.9 Å². The van der Waals surface area contributed by atoms with Crippen molar-refractivity contribution < 1.29 is 18.7 Å². The van der Waals surface area contributed by atoms with Crippen molar-refractivity contribution in [2.75, 3.05) is 11.9 Å². The molecule has 0 unspecified atom stereocenters. The number of nitrogens with zero attached hydrogens (tertiary/aromatic N) is 2. The second kappa shape index (κ2) is 9.00. The summed E-state index contributed by atoms with van der Waals surface area (Å²) >= 11 is 5.11. The predicted molar refractivity (Wildman–Crippen MR) is 102 cm³/mol. The molecule has 140 valence electrons. The Labute approximate surface area is 161 Å². The molecule has 1 aromatic heterocycles. The van der Waals surface area contributed by atoms with Crippen molar-refractivity contribution in [3.63, 3.8) is 0 Å². The maximum absolute atomic E-state index is 12.2. The molecular weight excluding hydrogens is 366 g/mol. The Morgan fingerprint density at radius 1 is 1.11 bits per heavy atom. The molecule has 0 atom stereocenters. The average molecular weight is 385 g/mol. The van der Waals surface area contributed by atoms with Crippen LogP contribution in [0.25, 0.3) is 0 Å². The number of carbonyl (C=O) groups excluding carboxylic acids is 1. The first kappa shape index (κ1) is 18.7. The van der Waals surface area contributed by atoms with Crippen LogP contribution in [0, 0.1) is 4.84 Å². The molecule has 0 fully saturated rings. The zero-order valence-corrected chi connectivity index (χ0v) is 15.6. The highest BCUT2D eigenvalue weighted by Gasteiger charge is 2.11. The number of nitrogens with one attached hydrogen (secondary N) is 1. The van der Waals surface area contributed by atoms with E-state index in [-0.39, 0.29) is 23.9 Å². The summed E-state index contributed by atoms with van der Waals surface area (Å²) < 4.78 is 17.6. The molecule has 0 spiro atoms. The van der Waals surface area contributed by atoms with Gasteiger partial charge in [-0.1, -0.05) is 18.2 Å². The third-order valence-corrected chi connectivity index (χ3v) is 3.79. The lowest BCUT2D eigenvalue weighted by atomic mass is 10.3. The average Bonchev–Trinajstić information content (AvgIpc) is 3.02. The number of aromatic nitrogens is 2. The summed E-state index contributed by atoms with van der Waals surface area (Å²) in [5.74, 6) is 1.48. The Bertz CT molecular complexity index is 936. The van der Waals surface area contributed by atoms with Crippen molar-refractivity contribution in [2.45, 2.75) is 20.1 Å². The van der Waals surface area contributed by atoms with Gasteiger partial charge in [0.05, 0.1) is 6.61 Å². The van der Waals surface area contributed by atoms with Crippen molar-refractivity contribution in [3.05, 3.63) is 65.3 Å². The highest BCUT2D eigenvalue weighted by atomic mass is 32.1. The fourth-order valence-corrected chi connectivity index (χ4v) is 2.51. The molecular formula is C19H19N3O4S. The van der Waals surface area contributed by atoms with Crippen LogP contribution >= 0.6 is 12.2 Å². The van der Waals surface area contributed by atoms with Crippen molar-refractivity contribution in [2.24, 2.45) is 0 Å². The summed E-state index contributed by atoms with van der Waals surface area (Å²) in [6.07, 6.45) is 0. The van der Waals surface area contributed by atoms with Gasteiger partial charge < -0.3 is 19.2 Å². The first-order valence-electron chi connectivity index (χ1n) is 8.41. The minimum absolute atomic E-state index is 0.0547. The summed E-state index contributed by atoms with van der Waals surface area (Å²) in [6.45, 7) is 2.57. The van der Waals surface area contributed by atoms with Crippen molar-refractivity contribution in [3.8, 4) is 11.5 Å².